The molecule has 0 saturated carbocycles. The highest BCUT2D eigenvalue weighted by molar-refractivity contribution is 5.46. The molecule has 0 bridgehead atoms. The summed E-state index contributed by atoms with van der Waals surface area (Å²) in [4.78, 5) is 8.41. The molecule has 1 heterocycles. The molecule has 4 heteroatoms. The van der Waals surface area contributed by atoms with Crippen LogP contribution >= 0.6 is 0 Å². The minimum atomic E-state index is 0.324. The van der Waals surface area contributed by atoms with Gasteiger partial charge in [-0.15, -0.1) is 0 Å². The van der Waals surface area contributed by atoms with Crippen molar-refractivity contribution in [1.29, 1.82) is 0 Å². The number of nitrogen functional groups attached to an aromatic ring is 1. The lowest BCUT2D eigenvalue weighted by Gasteiger charge is -2.11. The van der Waals surface area contributed by atoms with Gasteiger partial charge in [0.15, 0.2) is 0 Å². The zero-order valence-electron chi connectivity index (χ0n) is 12.7. The lowest BCUT2D eigenvalue weighted by molar-refractivity contribution is 0.741. The van der Waals surface area contributed by atoms with Crippen LogP contribution in [0.25, 0.3) is 0 Å². The Bertz CT molecular complexity index is 452. The number of allylic oxidation sites excluding steroid dienone is 3. The van der Waals surface area contributed by atoms with Crippen molar-refractivity contribution in [3.8, 4) is 0 Å². The van der Waals surface area contributed by atoms with E-state index in [1.165, 1.54) is 18.4 Å². The van der Waals surface area contributed by atoms with Crippen molar-refractivity contribution >= 4 is 11.8 Å². The molecule has 0 fully saturated rings. The maximum absolute atomic E-state index is 5.67. The fraction of sp³-hybridized carbons (Fsp3) is 0.500. The molecule has 0 atom stereocenters. The minimum absolute atomic E-state index is 0.324. The Kier molecular flexibility index (Phi) is 7.40. The Morgan fingerprint density at radius 1 is 1.45 bits per heavy atom. The van der Waals surface area contributed by atoms with Crippen LogP contribution in [0.2, 0.25) is 0 Å². The van der Waals surface area contributed by atoms with E-state index in [-0.39, 0.29) is 0 Å². The predicted octanol–water partition coefficient (Wildman–Crippen LogP) is 3.73. The summed E-state index contributed by atoms with van der Waals surface area (Å²) in [5.74, 6) is 1.20. The Morgan fingerprint density at radius 2 is 2.25 bits per heavy atom. The Balaban J connectivity index is 2.64. The molecule has 0 unspecified atom stereocenters. The van der Waals surface area contributed by atoms with Gasteiger partial charge in [-0.25, -0.2) is 4.98 Å². The maximum Gasteiger partial charge on any atom is 0.221 e. The lowest BCUT2D eigenvalue weighted by atomic mass is 10.1. The zero-order valence-corrected chi connectivity index (χ0v) is 12.7. The van der Waals surface area contributed by atoms with E-state index in [2.05, 4.69) is 35.7 Å². The topological polar surface area (TPSA) is 63.8 Å². The molecule has 0 saturated heterocycles. The van der Waals surface area contributed by atoms with E-state index in [1.54, 1.807) is 0 Å². The third-order valence-corrected chi connectivity index (χ3v) is 3.15. The number of hydrogen-bond acceptors (Lipinski definition) is 4. The number of aromatic nitrogens is 2. The van der Waals surface area contributed by atoms with Gasteiger partial charge in [-0.2, -0.15) is 4.98 Å². The van der Waals surface area contributed by atoms with Gasteiger partial charge in [0.05, 0.1) is 0 Å². The number of hydrogen-bond donors (Lipinski definition) is 2. The molecular weight excluding hydrogens is 248 g/mol. The van der Waals surface area contributed by atoms with Crippen LogP contribution in [0.5, 0.6) is 0 Å². The molecule has 0 amide bonds. The number of nitrogens with zero attached hydrogens (tertiary/aromatic N) is 2. The average molecular weight is 274 g/mol. The smallest absolute Gasteiger partial charge is 0.221 e. The highest BCUT2D eigenvalue weighted by Crippen LogP contribution is 2.17. The van der Waals surface area contributed by atoms with Crippen LogP contribution in [-0.4, -0.2) is 16.5 Å². The number of unbranched alkanes of at least 4 members (excludes halogenated alkanes) is 2. The van der Waals surface area contributed by atoms with Crippen LogP contribution in [0.15, 0.2) is 30.5 Å². The van der Waals surface area contributed by atoms with E-state index < -0.39 is 0 Å². The lowest BCUT2D eigenvalue weighted by Crippen LogP contribution is -2.09. The molecule has 3 N–H and O–H groups in total. The number of anilines is 2. The molecular formula is C16H26N4. The van der Waals surface area contributed by atoms with Crippen LogP contribution in [0.3, 0.4) is 0 Å². The Hall–Kier alpha value is -1.84. The summed E-state index contributed by atoms with van der Waals surface area (Å²) in [6.45, 7) is 8.94. The minimum Gasteiger partial charge on any atom is -0.370 e. The van der Waals surface area contributed by atoms with Crippen LogP contribution in [0.4, 0.5) is 11.8 Å². The molecule has 4 nitrogen and oxygen atoms in total. The van der Waals surface area contributed by atoms with E-state index in [4.69, 9.17) is 5.73 Å². The summed E-state index contributed by atoms with van der Waals surface area (Å²) in [7, 11) is 0. The number of nitrogens with two attached hydrogens (primary N) is 1. The Labute approximate surface area is 122 Å². The van der Waals surface area contributed by atoms with Crippen molar-refractivity contribution in [3.63, 3.8) is 0 Å². The normalized spacial score (nSPS) is 11.4. The van der Waals surface area contributed by atoms with Crippen LogP contribution in [-0.2, 0) is 6.42 Å². The molecule has 1 aromatic rings. The number of aryl methyl sites for hydroxylation is 1. The number of rotatable bonds is 9. The molecule has 0 aliphatic heterocycles. The molecule has 110 valence electrons. The quantitative estimate of drug-likeness (QED) is 0.532. The van der Waals surface area contributed by atoms with E-state index in [9.17, 15) is 0 Å². The second-order valence-corrected chi connectivity index (χ2v) is 4.98. The van der Waals surface area contributed by atoms with Gasteiger partial charge in [0.2, 0.25) is 5.95 Å². The number of nitrogens with one attached hydrogen (secondary N) is 1. The summed E-state index contributed by atoms with van der Waals surface area (Å²) in [6, 6.07) is 0. The molecule has 0 aliphatic carbocycles. The van der Waals surface area contributed by atoms with Crippen molar-refractivity contribution in [2.45, 2.75) is 46.0 Å². The first-order valence-electron chi connectivity index (χ1n) is 7.30. The first-order valence-corrected chi connectivity index (χ1v) is 7.30. The summed E-state index contributed by atoms with van der Waals surface area (Å²) in [6.07, 6.45) is 11.2. The highest BCUT2D eigenvalue weighted by Gasteiger charge is 2.06. The molecule has 0 radical (unpaired) electrons. The van der Waals surface area contributed by atoms with Crippen molar-refractivity contribution in [1.82, 2.24) is 9.97 Å². The third-order valence-electron chi connectivity index (χ3n) is 3.15. The van der Waals surface area contributed by atoms with Crippen molar-refractivity contribution in [2.75, 3.05) is 17.6 Å². The fourth-order valence-corrected chi connectivity index (χ4v) is 1.95. The molecule has 0 aliphatic rings. The van der Waals surface area contributed by atoms with Crippen LogP contribution in [0, 0.1) is 0 Å². The van der Waals surface area contributed by atoms with Gasteiger partial charge >= 0.3 is 0 Å². The zero-order chi connectivity index (χ0) is 14.8. The first kappa shape index (κ1) is 16.2. The van der Waals surface area contributed by atoms with E-state index in [0.717, 1.165) is 37.2 Å². The highest BCUT2D eigenvalue weighted by atomic mass is 15.1. The van der Waals surface area contributed by atoms with E-state index >= 15 is 0 Å². The van der Waals surface area contributed by atoms with Crippen LogP contribution < -0.4 is 11.1 Å². The molecule has 1 rings (SSSR count). The van der Waals surface area contributed by atoms with Crippen LogP contribution in [0.1, 0.15) is 45.1 Å². The molecule has 0 spiro atoms. The Morgan fingerprint density at radius 3 is 2.95 bits per heavy atom. The second-order valence-electron chi connectivity index (χ2n) is 4.98. The second kappa shape index (κ2) is 9.13. The SMILES string of the molecule is C=C/C=C(\C)CCc1cnc(N)nc1NCCCCC. The first-order chi connectivity index (χ1) is 9.67. The largest absolute Gasteiger partial charge is 0.370 e. The van der Waals surface area contributed by atoms with Crippen molar-refractivity contribution < 1.29 is 0 Å². The van der Waals surface area contributed by atoms with Gasteiger partial charge in [-0.05, 0) is 26.2 Å². The monoisotopic (exact) mass is 274 g/mol. The molecule has 20 heavy (non-hydrogen) atoms. The standard InChI is InChI=1S/C16H26N4/c1-4-6-7-11-18-15-14(12-19-16(17)20-15)10-9-13(3)8-5-2/h5,8,12H,2,4,6-7,9-11H2,1,3H3,(H3,17,18,19,20)/b13-8+. The van der Waals surface area contributed by atoms with Gasteiger partial charge in [0.25, 0.3) is 0 Å². The van der Waals surface area contributed by atoms with Gasteiger partial charge in [0.1, 0.15) is 5.82 Å². The van der Waals surface area contributed by atoms with Crippen molar-refractivity contribution in [2.24, 2.45) is 0 Å². The van der Waals surface area contributed by atoms with Gasteiger partial charge < -0.3 is 11.1 Å². The maximum atomic E-state index is 5.67. The third kappa shape index (κ3) is 5.87. The molecule has 1 aromatic heterocycles. The predicted molar refractivity (Wildman–Crippen MR) is 86.7 cm³/mol. The molecule has 0 aromatic carbocycles. The average Bonchev–Trinajstić information content (AvgIpc) is 2.43. The van der Waals surface area contributed by atoms with E-state index in [0.29, 0.717) is 5.95 Å². The van der Waals surface area contributed by atoms with Crippen molar-refractivity contribution in [3.05, 3.63) is 36.1 Å². The summed E-state index contributed by atoms with van der Waals surface area (Å²) in [5, 5.41) is 3.37. The summed E-state index contributed by atoms with van der Waals surface area (Å²) >= 11 is 0. The summed E-state index contributed by atoms with van der Waals surface area (Å²) < 4.78 is 0. The fourth-order valence-electron chi connectivity index (χ4n) is 1.95. The van der Waals surface area contributed by atoms with Gasteiger partial charge in [0, 0.05) is 18.3 Å². The van der Waals surface area contributed by atoms with Gasteiger partial charge in [-0.1, -0.05) is 44.1 Å². The summed E-state index contributed by atoms with van der Waals surface area (Å²) in [5.41, 5.74) is 8.09. The van der Waals surface area contributed by atoms with Gasteiger partial charge in [-0.3, -0.25) is 0 Å². The van der Waals surface area contributed by atoms with E-state index in [1.807, 2.05) is 18.3 Å².